The molecule has 1 heterocycles. The average Bonchev–Trinajstić information content (AvgIpc) is 2.68. The van der Waals surface area contributed by atoms with Gasteiger partial charge in [0.2, 0.25) is 0 Å². The van der Waals surface area contributed by atoms with Gasteiger partial charge in [-0.2, -0.15) is 0 Å². The summed E-state index contributed by atoms with van der Waals surface area (Å²) in [6.07, 6.45) is 1.60. The molecule has 2 N–H and O–H groups in total. The first-order valence-corrected chi connectivity index (χ1v) is 8.49. The highest BCUT2D eigenvalue weighted by Gasteiger charge is 2.04. The van der Waals surface area contributed by atoms with E-state index in [4.69, 9.17) is 16.3 Å². The molecule has 3 aromatic rings. The Morgan fingerprint density at radius 1 is 1.00 bits per heavy atom. The molecule has 0 aliphatic carbocycles. The molecule has 0 spiro atoms. The summed E-state index contributed by atoms with van der Waals surface area (Å²) in [7, 11) is 0. The fourth-order valence-electron chi connectivity index (χ4n) is 2.24. The van der Waals surface area contributed by atoms with Crippen molar-refractivity contribution in [2.24, 2.45) is 0 Å². The normalized spacial score (nSPS) is 10.2. The maximum absolute atomic E-state index is 11.9. The van der Waals surface area contributed by atoms with Crippen LogP contribution in [0.1, 0.15) is 5.56 Å². The summed E-state index contributed by atoms with van der Waals surface area (Å²) in [5.41, 5.74) is 1.78. The van der Waals surface area contributed by atoms with Crippen molar-refractivity contribution in [2.75, 3.05) is 17.2 Å². The van der Waals surface area contributed by atoms with E-state index in [1.807, 2.05) is 36.4 Å². The maximum atomic E-state index is 11.9. The lowest BCUT2D eigenvalue weighted by atomic mass is 10.2. The number of hydrogen-bond acceptors (Lipinski definition) is 4. The number of benzene rings is 2. The fraction of sp³-hybridized carbons (Fsp3) is 0.100. The summed E-state index contributed by atoms with van der Waals surface area (Å²) in [5, 5.41) is 6.60. The summed E-state index contributed by atoms with van der Waals surface area (Å²) < 4.78 is 5.40. The molecule has 1 amide bonds. The average molecular weight is 368 g/mol. The number of anilines is 2. The lowest BCUT2D eigenvalue weighted by molar-refractivity contribution is -0.118. The molecule has 3 rings (SSSR count). The molecule has 0 radical (unpaired) electrons. The van der Waals surface area contributed by atoms with E-state index in [0.29, 0.717) is 23.0 Å². The van der Waals surface area contributed by atoms with Crippen molar-refractivity contribution in [1.29, 1.82) is 0 Å². The Morgan fingerprint density at radius 3 is 2.46 bits per heavy atom. The molecular weight excluding hydrogens is 350 g/mol. The van der Waals surface area contributed by atoms with Crippen molar-refractivity contribution in [3.05, 3.63) is 83.5 Å². The molecule has 0 bridgehead atoms. The molecule has 0 fully saturated rings. The lowest BCUT2D eigenvalue weighted by Gasteiger charge is -2.09. The second-order valence-electron chi connectivity index (χ2n) is 5.56. The number of halogens is 1. The predicted molar refractivity (Wildman–Crippen MR) is 104 cm³/mol. The third kappa shape index (κ3) is 5.50. The van der Waals surface area contributed by atoms with Gasteiger partial charge < -0.3 is 15.4 Å². The fourth-order valence-corrected chi connectivity index (χ4v) is 2.36. The van der Waals surface area contributed by atoms with Gasteiger partial charge in [0.1, 0.15) is 11.6 Å². The van der Waals surface area contributed by atoms with Gasteiger partial charge in [0.05, 0.1) is 11.9 Å². The zero-order valence-corrected chi connectivity index (χ0v) is 14.7. The molecule has 0 aliphatic heterocycles. The molecule has 2 aromatic carbocycles. The third-order valence-electron chi connectivity index (χ3n) is 3.55. The Kier molecular flexibility index (Phi) is 6.06. The number of nitrogens with zero attached hydrogens (tertiary/aromatic N) is 1. The standard InChI is InChI=1S/C20H18ClN3O2/c21-16-6-9-18(10-7-16)26-14-20(25)24-17-8-11-19(23-13-17)22-12-15-4-2-1-3-5-15/h1-11,13H,12,14H2,(H,22,23)(H,24,25). The minimum Gasteiger partial charge on any atom is -0.484 e. The predicted octanol–water partition coefficient (Wildman–Crippen LogP) is 4.36. The van der Waals surface area contributed by atoms with Gasteiger partial charge in [0.15, 0.2) is 6.61 Å². The van der Waals surface area contributed by atoms with Crippen LogP contribution in [0.25, 0.3) is 0 Å². The Bertz CT molecular complexity index is 837. The van der Waals surface area contributed by atoms with Crippen LogP contribution in [0.5, 0.6) is 5.75 Å². The molecule has 132 valence electrons. The van der Waals surface area contributed by atoms with E-state index >= 15 is 0 Å². The molecule has 0 atom stereocenters. The number of hydrogen-bond donors (Lipinski definition) is 2. The van der Waals surface area contributed by atoms with Crippen LogP contribution in [0.3, 0.4) is 0 Å². The summed E-state index contributed by atoms with van der Waals surface area (Å²) >= 11 is 5.80. The van der Waals surface area contributed by atoms with Crippen molar-refractivity contribution < 1.29 is 9.53 Å². The summed E-state index contributed by atoms with van der Waals surface area (Å²) in [4.78, 5) is 16.2. The second kappa shape index (κ2) is 8.87. The molecule has 0 unspecified atom stereocenters. The Balaban J connectivity index is 1.45. The maximum Gasteiger partial charge on any atom is 0.262 e. The number of carbonyl (C=O) groups is 1. The quantitative estimate of drug-likeness (QED) is 0.651. The van der Waals surface area contributed by atoms with Gasteiger partial charge in [-0.25, -0.2) is 4.98 Å². The summed E-state index contributed by atoms with van der Waals surface area (Å²) in [6.45, 7) is 0.601. The molecule has 0 saturated carbocycles. The van der Waals surface area contributed by atoms with E-state index < -0.39 is 0 Å². The number of pyridine rings is 1. The number of carbonyl (C=O) groups excluding carboxylic acids is 1. The number of rotatable bonds is 7. The first-order chi connectivity index (χ1) is 12.7. The minimum atomic E-state index is -0.258. The van der Waals surface area contributed by atoms with Crippen LogP contribution < -0.4 is 15.4 Å². The van der Waals surface area contributed by atoms with Crippen LogP contribution in [-0.2, 0) is 11.3 Å². The summed E-state index contributed by atoms with van der Waals surface area (Å²) in [6, 6.07) is 20.5. The third-order valence-corrected chi connectivity index (χ3v) is 3.80. The molecule has 0 aliphatic rings. The van der Waals surface area contributed by atoms with E-state index in [1.165, 1.54) is 5.56 Å². The number of nitrogens with one attached hydrogen (secondary N) is 2. The second-order valence-corrected chi connectivity index (χ2v) is 6.00. The van der Waals surface area contributed by atoms with Crippen LogP contribution >= 0.6 is 11.6 Å². The van der Waals surface area contributed by atoms with Gasteiger partial charge in [-0.05, 0) is 42.0 Å². The van der Waals surface area contributed by atoms with Crippen molar-refractivity contribution in [2.45, 2.75) is 6.54 Å². The summed E-state index contributed by atoms with van der Waals surface area (Å²) in [5.74, 6) is 1.07. The van der Waals surface area contributed by atoms with Gasteiger partial charge in [-0.15, -0.1) is 0 Å². The highest BCUT2D eigenvalue weighted by Crippen LogP contribution is 2.16. The smallest absolute Gasteiger partial charge is 0.262 e. The Labute approximate surface area is 157 Å². The minimum absolute atomic E-state index is 0.0877. The zero-order chi connectivity index (χ0) is 18.2. The van der Waals surface area contributed by atoms with Crippen molar-refractivity contribution >= 4 is 29.0 Å². The first-order valence-electron chi connectivity index (χ1n) is 8.11. The Hall–Kier alpha value is -3.05. The van der Waals surface area contributed by atoms with Crippen molar-refractivity contribution in [3.8, 4) is 5.75 Å². The van der Waals surface area contributed by atoms with E-state index in [1.54, 1.807) is 36.5 Å². The lowest BCUT2D eigenvalue weighted by Crippen LogP contribution is -2.20. The van der Waals surface area contributed by atoms with Crippen LogP contribution in [0.15, 0.2) is 72.9 Å². The molecule has 5 nitrogen and oxygen atoms in total. The molecule has 6 heteroatoms. The van der Waals surface area contributed by atoms with Crippen LogP contribution in [0, 0.1) is 0 Å². The largest absolute Gasteiger partial charge is 0.484 e. The SMILES string of the molecule is O=C(COc1ccc(Cl)cc1)Nc1ccc(NCc2ccccc2)nc1. The van der Waals surface area contributed by atoms with E-state index in [0.717, 1.165) is 5.82 Å². The first kappa shape index (κ1) is 17.8. The monoisotopic (exact) mass is 367 g/mol. The Morgan fingerprint density at radius 2 is 1.77 bits per heavy atom. The topological polar surface area (TPSA) is 63.2 Å². The highest BCUT2D eigenvalue weighted by molar-refractivity contribution is 6.30. The van der Waals surface area contributed by atoms with E-state index in [2.05, 4.69) is 15.6 Å². The van der Waals surface area contributed by atoms with Gasteiger partial charge in [-0.3, -0.25) is 4.79 Å². The number of amides is 1. The van der Waals surface area contributed by atoms with Crippen LogP contribution in [0.4, 0.5) is 11.5 Å². The van der Waals surface area contributed by atoms with Crippen molar-refractivity contribution in [1.82, 2.24) is 4.98 Å². The van der Waals surface area contributed by atoms with Crippen LogP contribution in [0.2, 0.25) is 5.02 Å². The van der Waals surface area contributed by atoms with Gasteiger partial charge >= 0.3 is 0 Å². The van der Waals surface area contributed by atoms with Gasteiger partial charge in [0.25, 0.3) is 5.91 Å². The molecule has 26 heavy (non-hydrogen) atoms. The molecule has 0 saturated heterocycles. The molecular formula is C20H18ClN3O2. The molecule has 1 aromatic heterocycles. The van der Waals surface area contributed by atoms with Gasteiger partial charge in [0, 0.05) is 11.6 Å². The number of aromatic nitrogens is 1. The van der Waals surface area contributed by atoms with E-state index in [9.17, 15) is 4.79 Å². The number of ether oxygens (including phenoxy) is 1. The van der Waals surface area contributed by atoms with Crippen LogP contribution in [-0.4, -0.2) is 17.5 Å². The zero-order valence-electron chi connectivity index (χ0n) is 14.0. The highest BCUT2D eigenvalue weighted by atomic mass is 35.5. The van der Waals surface area contributed by atoms with Gasteiger partial charge in [-0.1, -0.05) is 41.9 Å². The van der Waals surface area contributed by atoms with E-state index in [-0.39, 0.29) is 12.5 Å². The van der Waals surface area contributed by atoms with Crippen molar-refractivity contribution in [3.63, 3.8) is 0 Å².